The van der Waals surface area contributed by atoms with Gasteiger partial charge in [-0.05, 0) is 94.4 Å². The monoisotopic (exact) mass is 563 g/mol. The van der Waals surface area contributed by atoms with Gasteiger partial charge in [-0.15, -0.1) is 0 Å². The molecule has 208 valence electrons. The highest BCUT2D eigenvalue weighted by Gasteiger charge is 2.29. The summed E-state index contributed by atoms with van der Waals surface area (Å²) in [5, 5.41) is 6.36. The first-order valence-electron chi connectivity index (χ1n) is 13.2. The number of pyridine rings is 1. The Hall–Kier alpha value is -2.36. The van der Waals surface area contributed by atoms with Gasteiger partial charge in [0.05, 0.1) is 11.3 Å². The lowest BCUT2D eigenvalue weighted by atomic mass is 10.0. The molecule has 1 aromatic carbocycles. The zero-order valence-electron chi connectivity index (χ0n) is 22.7. The zero-order valence-corrected chi connectivity index (χ0v) is 24.3. The summed E-state index contributed by atoms with van der Waals surface area (Å²) in [5.74, 6) is 0.545. The summed E-state index contributed by atoms with van der Waals surface area (Å²) in [4.78, 5) is 34.5. The number of rotatable bonds is 11. The molecule has 0 spiro atoms. The molecule has 0 bridgehead atoms. The SMILES string of the molecule is CSCCCN(C(=O)Nc1ccc(F)cc1)C1CCN([C@H](C)CCNC(=O)c2c(C)cc(Cl)nc2C)CC1. The summed E-state index contributed by atoms with van der Waals surface area (Å²) in [6, 6.07) is 7.92. The number of hydrogen-bond donors (Lipinski definition) is 2. The van der Waals surface area contributed by atoms with Crippen LogP contribution in [-0.2, 0) is 0 Å². The predicted molar refractivity (Wildman–Crippen MR) is 155 cm³/mol. The maximum Gasteiger partial charge on any atom is 0.322 e. The van der Waals surface area contributed by atoms with Gasteiger partial charge in [0.25, 0.3) is 5.91 Å². The topological polar surface area (TPSA) is 77.6 Å². The van der Waals surface area contributed by atoms with E-state index in [2.05, 4.69) is 33.7 Å². The minimum atomic E-state index is -0.326. The number of halogens is 2. The molecular weight excluding hydrogens is 525 g/mol. The van der Waals surface area contributed by atoms with Crippen molar-refractivity contribution in [2.45, 2.75) is 58.5 Å². The second-order valence-corrected chi connectivity index (χ2v) is 11.2. The summed E-state index contributed by atoms with van der Waals surface area (Å²) in [6.45, 7) is 8.90. The van der Waals surface area contributed by atoms with E-state index in [1.165, 1.54) is 12.1 Å². The van der Waals surface area contributed by atoms with Crippen molar-refractivity contribution in [3.63, 3.8) is 0 Å². The van der Waals surface area contributed by atoms with Gasteiger partial charge in [-0.1, -0.05) is 11.6 Å². The molecule has 1 aromatic heterocycles. The number of carbonyl (C=O) groups is 2. The Bertz CT molecular complexity index is 1060. The summed E-state index contributed by atoms with van der Waals surface area (Å²) < 4.78 is 13.3. The molecule has 1 aliphatic rings. The summed E-state index contributed by atoms with van der Waals surface area (Å²) in [6.07, 6.45) is 5.61. The number of hydrogen-bond acceptors (Lipinski definition) is 5. The van der Waals surface area contributed by atoms with Gasteiger partial charge in [0.2, 0.25) is 0 Å². The van der Waals surface area contributed by atoms with Crippen LogP contribution in [0.5, 0.6) is 0 Å². The number of thioether (sulfide) groups is 1. The van der Waals surface area contributed by atoms with Crippen molar-refractivity contribution in [1.29, 1.82) is 0 Å². The van der Waals surface area contributed by atoms with Crippen LogP contribution in [0.3, 0.4) is 0 Å². The first-order chi connectivity index (χ1) is 18.2. The normalized spacial score (nSPS) is 15.2. The minimum absolute atomic E-state index is 0.122. The van der Waals surface area contributed by atoms with Crippen molar-refractivity contribution in [2.24, 2.45) is 0 Å². The molecule has 1 aliphatic heterocycles. The summed E-state index contributed by atoms with van der Waals surface area (Å²) in [7, 11) is 0. The predicted octanol–water partition coefficient (Wildman–Crippen LogP) is 5.75. The fourth-order valence-corrected chi connectivity index (χ4v) is 5.70. The average Bonchev–Trinajstić information content (AvgIpc) is 2.87. The Labute approximate surface area is 234 Å². The van der Waals surface area contributed by atoms with E-state index in [0.29, 0.717) is 41.2 Å². The number of urea groups is 1. The highest BCUT2D eigenvalue weighted by Crippen LogP contribution is 2.22. The summed E-state index contributed by atoms with van der Waals surface area (Å²) in [5.41, 5.74) is 2.64. The summed E-state index contributed by atoms with van der Waals surface area (Å²) >= 11 is 7.77. The number of piperidine rings is 1. The van der Waals surface area contributed by atoms with Gasteiger partial charge in [-0.25, -0.2) is 14.2 Å². The molecule has 2 aromatic rings. The van der Waals surface area contributed by atoms with Crippen molar-refractivity contribution >= 4 is 41.0 Å². The number of amides is 3. The standard InChI is InChI=1S/C28H39ClFN5O2S/c1-19-18-25(29)32-21(3)26(19)27(36)31-13-10-20(2)34-15-11-24(12-16-34)35(14-5-17-38-4)28(37)33-23-8-6-22(30)7-9-23/h6-9,18,20,24H,5,10-17H2,1-4H3,(H,31,36)(H,33,37)/t20-/m1/s1. The Morgan fingerprint density at radius 3 is 2.55 bits per heavy atom. The van der Waals surface area contributed by atoms with Gasteiger partial charge in [-0.3, -0.25) is 4.79 Å². The van der Waals surface area contributed by atoms with Crippen LogP contribution in [0.1, 0.15) is 54.2 Å². The molecule has 0 saturated carbocycles. The van der Waals surface area contributed by atoms with Gasteiger partial charge >= 0.3 is 6.03 Å². The molecule has 1 fully saturated rings. The van der Waals surface area contributed by atoms with Gasteiger partial charge in [0.1, 0.15) is 11.0 Å². The second kappa shape index (κ2) is 14.7. The second-order valence-electron chi connectivity index (χ2n) is 9.86. The average molecular weight is 564 g/mol. The van der Waals surface area contributed by atoms with E-state index in [0.717, 1.165) is 50.1 Å². The number of aromatic nitrogens is 1. The molecule has 2 N–H and O–H groups in total. The lowest BCUT2D eigenvalue weighted by Gasteiger charge is -2.40. The molecule has 0 radical (unpaired) electrons. The van der Waals surface area contributed by atoms with E-state index in [4.69, 9.17) is 11.6 Å². The molecular formula is C28H39ClFN5O2S. The lowest BCUT2D eigenvalue weighted by molar-refractivity contribution is 0.0925. The van der Waals surface area contributed by atoms with Crippen molar-refractivity contribution in [3.8, 4) is 0 Å². The smallest absolute Gasteiger partial charge is 0.322 e. The Kier molecular flexibility index (Phi) is 11.7. The van der Waals surface area contributed by atoms with Crippen molar-refractivity contribution in [1.82, 2.24) is 20.1 Å². The maximum atomic E-state index is 13.3. The largest absolute Gasteiger partial charge is 0.352 e. The third-order valence-corrected chi connectivity index (χ3v) is 8.00. The number of likely N-dealkylation sites (tertiary alicyclic amines) is 1. The molecule has 3 amide bonds. The van der Waals surface area contributed by atoms with Gasteiger partial charge in [-0.2, -0.15) is 11.8 Å². The number of nitrogens with one attached hydrogen (secondary N) is 2. The van der Waals surface area contributed by atoms with Gasteiger partial charge in [0, 0.05) is 44.0 Å². The van der Waals surface area contributed by atoms with Crippen LogP contribution in [0.4, 0.5) is 14.9 Å². The molecule has 38 heavy (non-hydrogen) atoms. The zero-order chi connectivity index (χ0) is 27.7. The Morgan fingerprint density at radius 1 is 1.24 bits per heavy atom. The van der Waals surface area contributed by atoms with Crippen LogP contribution >= 0.6 is 23.4 Å². The Morgan fingerprint density at radius 2 is 1.92 bits per heavy atom. The molecule has 0 unspecified atom stereocenters. The van der Waals surface area contributed by atoms with E-state index in [9.17, 15) is 14.0 Å². The van der Waals surface area contributed by atoms with Crippen LogP contribution in [0, 0.1) is 19.7 Å². The number of nitrogens with zero attached hydrogens (tertiary/aromatic N) is 3. The molecule has 1 atom stereocenters. The van der Waals surface area contributed by atoms with E-state index in [1.54, 1.807) is 36.9 Å². The Balaban J connectivity index is 1.50. The van der Waals surface area contributed by atoms with Crippen molar-refractivity contribution in [3.05, 3.63) is 58.1 Å². The van der Waals surface area contributed by atoms with Gasteiger partial charge in [0.15, 0.2) is 0 Å². The van der Waals surface area contributed by atoms with Gasteiger partial charge < -0.3 is 20.4 Å². The third kappa shape index (κ3) is 8.58. The van der Waals surface area contributed by atoms with E-state index < -0.39 is 0 Å². The molecule has 1 saturated heterocycles. The first-order valence-corrected chi connectivity index (χ1v) is 14.9. The number of anilines is 1. The third-order valence-electron chi connectivity index (χ3n) is 7.11. The van der Waals surface area contributed by atoms with Crippen molar-refractivity contribution < 1.29 is 14.0 Å². The molecule has 10 heteroatoms. The van der Waals surface area contributed by atoms with Crippen LogP contribution in [0.2, 0.25) is 5.15 Å². The molecule has 7 nitrogen and oxygen atoms in total. The minimum Gasteiger partial charge on any atom is -0.352 e. The van der Waals surface area contributed by atoms with Crippen LogP contribution in [0.25, 0.3) is 0 Å². The maximum absolute atomic E-state index is 13.3. The van der Waals surface area contributed by atoms with E-state index >= 15 is 0 Å². The lowest BCUT2D eigenvalue weighted by Crippen LogP contribution is -2.51. The quantitative estimate of drug-likeness (QED) is 0.269. The van der Waals surface area contributed by atoms with E-state index in [1.807, 2.05) is 11.8 Å². The van der Waals surface area contributed by atoms with Crippen molar-refractivity contribution in [2.75, 3.05) is 43.5 Å². The first kappa shape index (κ1) is 30.2. The van der Waals surface area contributed by atoms with E-state index in [-0.39, 0.29) is 23.8 Å². The van der Waals surface area contributed by atoms with Crippen LogP contribution in [0.15, 0.2) is 30.3 Å². The highest BCUT2D eigenvalue weighted by molar-refractivity contribution is 7.98. The van der Waals surface area contributed by atoms with Crippen LogP contribution in [-0.4, -0.2) is 77.0 Å². The molecule has 2 heterocycles. The molecule has 3 rings (SSSR count). The van der Waals surface area contributed by atoms with Crippen LogP contribution < -0.4 is 10.6 Å². The fraction of sp³-hybridized carbons (Fsp3) is 0.536. The highest BCUT2D eigenvalue weighted by atomic mass is 35.5. The molecule has 0 aliphatic carbocycles. The number of carbonyl (C=O) groups excluding carboxylic acids is 2. The number of benzene rings is 1. The fourth-order valence-electron chi connectivity index (χ4n) is 4.99. The number of aryl methyl sites for hydroxylation is 2.